The van der Waals surface area contributed by atoms with E-state index in [2.05, 4.69) is 25.9 Å². The number of anilines is 1. The molecular formula is C9H12BrN3O. The maximum atomic E-state index is 5.70. The molecule has 5 heteroatoms. The van der Waals surface area contributed by atoms with Crippen LogP contribution >= 0.6 is 15.9 Å². The summed E-state index contributed by atoms with van der Waals surface area (Å²) in [5.74, 6) is 1.17. The standard InChI is InChI=1S/C9H12BrN3O/c1-14-9(3-2-4-9)8-12-5-6(10)7(11)13-8/h5H,2-4H2,1H3,(H2,11,12,13). The number of ether oxygens (including phenoxy) is 1. The Morgan fingerprint density at radius 3 is 2.71 bits per heavy atom. The van der Waals surface area contributed by atoms with Gasteiger partial charge in [-0.1, -0.05) is 0 Å². The molecule has 0 saturated heterocycles. The topological polar surface area (TPSA) is 61.0 Å². The quantitative estimate of drug-likeness (QED) is 0.879. The zero-order valence-corrected chi connectivity index (χ0v) is 9.54. The van der Waals surface area contributed by atoms with E-state index < -0.39 is 0 Å². The maximum Gasteiger partial charge on any atom is 0.162 e. The minimum atomic E-state index is -0.283. The monoisotopic (exact) mass is 257 g/mol. The fourth-order valence-corrected chi connectivity index (χ4v) is 1.81. The highest BCUT2D eigenvalue weighted by molar-refractivity contribution is 9.10. The molecule has 4 nitrogen and oxygen atoms in total. The molecule has 0 aliphatic heterocycles. The van der Waals surface area contributed by atoms with Gasteiger partial charge in [-0.3, -0.25) is 0 Å². The van der Waals surface area contributed by atoms with E-state index in [1.165, 1.54) is 0 Å². The van der Waals surface area contributed by atoms with Gasteiger partial charge >= 0.3 is 0 Å². The first-order valence-electron chi connectivity index (χ1n) is 4.51. The molecule has 0 unspecified atom stereocenters. The number of nitrogens with zero attached hydrogens (tertiary/aromatic N) is 2. The van der Waals surface area contributed by atoms with Crippen molar-refractivity contribution in [1.29, 1.82) is 0 Å². The molecule has 2 rings (SSSR count). The van der Waals surface area contributed by atoms with Gasteiger partial charge in [-0.25, -0.2) is 9.97 Å². The Bertz CT molecular complexity index is 346. The molecule has 0 spiro atoms. The van der Waals surface area contributed by atoms with Crippen LogP contribution in [-0.2, 0) is 10.3 Å². The SMILES string of the molecule is COC1(c2ncc(Br)c(N)n2)CCC1. The van der Waals surface area contributed by atoms with Gasteiger partial charge < -0.3 is 10.5 Å². The summed E-state index contributed by atoms with van der Waals surface area (Å²) in [5.41, 5.74) is 5.41. The molecular weight excluding hydrogens is 246 g/mol. The molecule has 0 aromatic carbocycles. The van der Waals surface area contributed by atoms with Crippen molar-refractivity contribution < 1.29 is 4.74 Å². The van der Waals surface area contributed by atoms with Crippen molar-refractivity contribution in [3.63, 3.8) is 0 Å². The Morgan fingerprint density at radius 1 is 1.57 bits per heavy atom. The number of hydrogen-bond acceptors (Lipinski definition) is 4. The van der Waals surface area contributed by atoms with E-state index in [1.54, 1.807) is 13.3 Å². The van der Waals surface area contributed by atoms with Crippen molar-refractivity contribution in [2.75, 3.05) is 12.8 Å². The van der Waals surface area contributed by atoms with Crippen LogP contribution in [0.2, 0.25) is 0 Å². The van der Waals surface area contributed by atoms with Crippen LogP contribution in [0.4, 0.5) is 5.82 Å². The van der Waals surface area contributed by atoms with E-state index in [0.717, 1.165) is 23.7 Å². The first kappa shape index (κ1) is 9.86. The zero-order chi connectivity index (χ0) is 10.2. The second-order valence-electron chi connectivity index (χ2n) is 3.48. The normalized spacial score (nSPS) is 19.0. The summed E-state index contributed by atoms with van der Waals surface area (Å²) >= 11 is 3.27. The second kappa shape index (κ2) is 3.47. The predicted octanol–water partition coefficient (Wildman–Crippen LogP) is 1.85. The zero-order valence-electron chi connectivity index (χ0n) is 7.96. The number of methoxy groups -OCH3 is 1. The van der Waals surface area contributed by atoms with Crippen LogP contribution in [-0.4, -0.2) is 17.1 Å². The van der Waals surface area contributed by atoms with Crippen LogP contribution in [0.25, 0.3) is 0 Å². The lowest BCUT2D eigenvalue weighted by molar-refractivity contribution is -0.0845. The van der Waals surface area contributed by atoms with E-state index in [1.807, 2.05) is 0 Å². The third-order valence-corrected chi connectivity index (χ3v) is 3.34. The highest BCUT2D eigenvalue weighted by atomic mass is 79.9. The van der Waals surface area contributed by atoms with Crippen LogP contribution in [0.15, 0.2) is 10.7 Å². The van der Waals surface area contributed by atoms with E-state index in [4.69, 9.17) is 10.5 Å². The molecule has 1 heterocycles. The molecule has 14 heavy (non-hydrogen) atoms. The van der Waals surface area contributed by atoms with Crippen molar-refractivity contribution in [3.05, 3.63) is 16.5 Å². The third kappa shape index (κ3) is 1.40. The molecule has 1 aliphatic carbocycles. The Balaban J connectivity index is 2.36. The van der Waals surface area contributed by atoms with E-state index in [9.17, 15) is 0 Å². The van der Waals surface area contributed by atoms with Crippen molar-refractivity contribution in [2.24, 2.45) is 0 Å². The third-order valence-electron chi connectivity index (χ3n) is 2.73. The van der Waals surface area contributed by atoms with Gasteiger partial charge in [-0.05, 0) is 35.2 Å². The summed E-state index contributed by atoms with van der Waals surface area (Å²) in [6.07, 6.45) is 4.79. The average molecular weight is 258 g/mol. The summed E-state index contributed by atoms with van der Waals surface area (Å²) in [5, 5.41) is 0. The summed E-state index contributed by atoms with van der Waals surface area (Å²) in [7, 11) is 1.70. The van der Waals surface area contributed by atoms with E-state index >= 15 is 0 Å². The maximum absolute atomic E-state index is 5.70. The molecule has 0 bridgehead atoms. The molecule has 1 aromatic rings. The first-order chi connectivity index (χ1) is 6.68. The van der Waals surface area contributed by atoms with Crippen LogP contribution in [0, 0.1) is 0 Å². The molecule has 2 N–H and O–H groups in total. The number of hydrogen-bond donors (Lipinski definition) is 1. The van der Waals surface area contributed by atoms with Crippen LogP contribution in [0.3, 0.4) is 0 Å². The van der Waals surface area contributed by atoms with Crippen molar-refractivity contribution in [3.8, 4) is 0 Å². The van der Waals surface area contributed by atoms with E-state index in [-0.39, 0.29) is 5.60 Å². The number of rotatable bonds is 2. The number of halogens is 1. The van der Waals surface area contributed by atoms with Gasteiger partial charge in [0.25, 0.3) is 0 Å². The van der Waals surface area contributed by atoms with Gasteiger partial charge in [0.05, 0.1) is 4.47 Å². The van der Waals surface area contributed by atoms with Crippen LogP contribution in [0.1, 0.15) is 25.1 Å². The van der Waals surface area contributed by atoms with Gasteiger partial charge in [-0.15, -0.1) is 0 Å². The summed E-state index contributed by atoms with van der Waals surface area (Å²) in [6, 6.07) is 0. The molecule has 0 atom stereocenters. The van der Waals surface area contributed by atoms with Crippen LogP contribution < -0.4 is 5.73 Å². The van der Waals surface area contributed by atoms with Crippen molar-refractivity contribution >= 4 is 21.7 Å². The van der Waals surface area contributed by atoms with Crippen molar-refractivity contribution in [2.45, 2.75) is 24.9 Å². The lowest BCUT2D eigenvalue weighted by atomic mass is 9.79. The highest BCUT2D eigenvalue weighted by Crippen LogP contribution is 2.42. The molecule has 1 fully saturated rings. The lowest BCUT2D eigenvalue weighted by Gasteiger charge is -2.38. The minimum Gasteiger partial charge on any atom is -0.383 e. The minimum absolute atomic E-state index is 0.283. The average Bonchev–Trinajstić information content (AvgIpc) is 2.10. The molecule has 76 valence electrons. The highest BCUT2D eigenvalue weighted by Gasteiger charge is 2.41. The smallest absolute Gasteiger partial charge is 0.162 e. The van der Waals surface area contributed by atoms with Crippen LogP contribution in [0.5, 0.6) is 0 Å². The molecule has 0 radical (unpaired) electrons. The fraction of sp³-hybridized carbons (Fsp3) is 0.556. The summed E-state index contributed by atoms with van der Waals surface area (Å²) < 4.78 is 6.19. The Kier molecular flexibility index (Phi) is 2.45. The Hall–Kier alpha value is -0.680. The van der Waals surface area contributed by atoms with Gasteiger partial charge in [0.15, 0.2) is 5.82 Å². The largest absolute Gasteiger partial charge is 0.383 e. The van der Waals surface area contributed by atoms with Gasteiger partial charge in [0, 0.05) is 13.3 Å². The Labute approximate surface area is 91.0 Å². The molecule has 1 aliphatic rings. The van der Waals surface area contributed by atoms with Gasteiger partial charge in [0.1, 0.15) is 11.4 Å². The summed E-state index contributed by atoms with van der Waals surface area (Å²) in [6.45, 7) is 0. The van der Waals surface area contributed by atoms with E-state index in [0.29, 0.717) is 11.6 Å². The van der Waals surface area contributed by atoms with Gasteiger partial charge in [-0.2, -0.15) is 0 Å². The lowest BCUT2D eigenvalue weighted by Crippen LogP contribution is -2.38. The Morgan fingerprint density at radius 2 is 2.29 bits per heavy atom. The molecule has 1 aromatic heterocycles. The first-order valence-corrected chi connectivity index (χ1v) is 5.31. The van der Waals surface area contributed by atoms with Gasteiger partial charge in [0.2, 0.25) is 0 Å². The second-order valence-corrected chi connectivity index (χ2v) is 4.33. The predicted molar refractivity (Wildman–Crippen MR) is 56.7 cm³/mol. The number of aromatic nitrogens is 2. The molecule has 0 amide bonds. The molecule has 1 saturated carbocycles. The fourth-order valence-electron chi connectivity index (χ4n) is 1.62. The van der Waals surface area contributed by atoms with Crippen molar-refractivity contribution in [1.82, 2.24) is 9.97 Å². The number of nitrogens with two attached hydrogens (primary N) is 1. The number of nitrogen functional groups attached to an aromatic ring is 1. The summed E-state index contributed by atoms with van der Waals surface area (Å²) in [4.78, 5) is 8.47.